The van der Waals surface area contributed by atoms with E-state index in [0.29, 0.717) is 5.75 Å². The van der Waals surface area contributed by atoms with Gasteiger partial charge in [0.15, 0.2) is 11.0 Å². The van der Waals surface area contributed by atoms with Crippen LogP contribution in [0.1, 0.15) is 16.3 Å². The number of nitrogens with one attached hydrogen (secondary N) is 1. The van der Waals surface area contributed by atoms with Crippen molar-refractivity contribution < 1.29 is 9.53 Å². The zero-order valence-electron chi connectivity index (χ0n) is 18.0. The summed E-state index contributed by atoms with van der Waals surface area (Å²) in [6.45, 7) is 1.97. The molecule has 1 amide bonds. The van der Waals surface area contributed by atoms with Gasteiger partial charge in [-0.1, -0.05) is 30.0 Å². The second-order valence-electron chi connectivity index (χ2n) is 7.15. The van der Waals surface area contributed by atoms with E-state index in [0.717, 1.165) is 44.2 Å². The molecule has 0 unspecified atom stereocenters. The smallest absolute Gasteiger partial charge is 0.231 e. The summed E-state index contributed by atoms with van der Waals surface area (Å²) in [4.78, 5) is 17.0. The second kappa shape index (κ2) is 9.97. The van der Waals surface area contributed by atoms with Crippen molar-refractivity contribution >= 4 is 34.7 Å². The molecular formula is C23H23N5O2S2. The molecule has 0 aliphatic heterocycles. The van der Waals surface area contributed by atoms with E-state index in [1.54, 1.807) is 18.9 Å². The number of rotatable bonds is 8. The Morgan fingerprint density at radius 3 is 2.69 bits per heavy atom. The topological polar surface area (TPSA) is 81.9 Å². The number of methoxy groups -OCH3 is 1. The number of benzene rings is 2. The molecular weight excluding hydrogens is 442 g/mol. The van der Waals surface area contributed by atoms with E-state index in [-0.39, 0.29) is 12.3 Å². The van der Waals surface area contributed by atoms with Gasteiger partial charge in [0.05, 0.1) is 19.2 Å². The van der Waals surface area contributed by atoms with Crippen LogP contribution in [-0.4, -0.2) is 32.8 Å². The van der Waals surface area contributed by atoms with Crippen LogP contribution >= 0.6 is 23.1 Å². The molecule has 0 aliphatic carbocycles. The normalized spacial score (nSPS) is 10.8. The van der Waals surface area contributed by atoms with Gasteiger partial charge >= 0.3 is 0 Å². The molecule has 1 N–H and O–H groups in total. The highest BCUT2D eigenvalue weighted by Crippen LogP contribution is 2.27. The number of para-hydroxylation sites is 1. The molecule has 0 fully saturated rings. The largest absolute Gasteiger partial charge is 0.497 e. The number of thioether (sulfide) groups is 1. The number of thiazole rings is 1. The highest BCUT2D eigenvalue weighted by Gasteiger charge is 2.14. The Morgan fingerprint density at radius 1 is 1.16 bits per heavy atom. The van der Waals surface area contributed by atoms with Crippen LogP contribution in [0.3, 0.4) is 0 Å². The number of carbonyl (C=O) groups excluding carboxylic acids is 1. The zero-order valence-corrected chi connectivity index (χ0v) is 19.7. The molecule has 4 rings (SSSR count). The van der Waals surface area contributed by atoms with Gasteiger partial charge in [0, 0.05) is 29.4 Å². The molecule has 4 aromatic rings. The average Bonchev–Trinajstić information content (AvgIpc) is 3.40. The van der Waals surface area contributed by atoms with E-state index >= 15 is 0 Å². The molecule has 0 atom stereocenters. The summed E-state index contributed by atoms with van der Waals surface area (Å²) in [6.07, 6.45) is 0.259. The molecule has 2 heterocycles. The zero-order chi connectivity index (χ0) is 22.5. The van der Waals surface area contributed by atoms with Crippen molar-refractivity contribution in [1.29, 1.82) is 0 Å². The summed E-state index contributed by atoms with van der Waals surface area (Å²) in [5.74, 6) is 2.19. The molecule has 0 spiro atoms. The summed E-state index contributed by atoms with van der Waals surface area (Å²) in [5.41, 5.74) is 3.77. The van der Waals surface area contributed by atoms with Crippen molar-refractivity contribution in [2.24, 2.45) is 7.05 Å². The van der Waals surface area contributed by atoms with Gasteiger partial charge in [-0.3, -0.25) is 4.79 Å². The highest BCUT2D eigenvalue weighted by atomic mass is 32.2. The van der Waals surface area contributed by atoms with Crippen molar-refractivity contribution in [3.8, 4) is 17.1 Å². The molecule has 9 heteroatoms. The van der Waals surface area contributed by atoms with Gasteiger partial charge in [0.25, 0.3) is 0 Å². The number of ether oxygens (including phenoxy) is 1. The lowest BCUT2D eigenvalue weighted by molar-refractivity contribution is -0.115. The van der Waals surface area contributed by atoms with Gasteiger partial charge in [-0.25, -0.2) is 4.98 Å². The molecule has 32 heavy (non-hydrogen) atoms. The van der Waals surface area contributed by atoms with Crippen LogP contribution in [0.25, 0.3) is 11.4 Å². The van der Waals surface area contributed by atoms with Crippen molar-refractivity contribution in [3.63, 3.8) is 0 Å². The van der Waals surface area contributed by atoms with E-state index in [9.17, 15) is 4.79 Å². The Kier molecular flexibility index (Phi) is 6.87. The molecule has 0 aliphatic rings. The Bertz CT molecular complexity index is 1220. The summed E-state index contributed by atoms with van der Waals surface area (Å²) >= 11 is 3.07. The first-order valence-corrected chi connectivity index (χ1v) is 11.9. The van der Waals surface area contributed by atoms with Crippen LogP contribution in [0.2, 0.25) is 0 Å². The lowest BCUT2D eigenvalue weighted by atomic mass is 10.2. The Hall–Kier alpha value is -3.17. The minimum absolute atomic E-state index is 0.0645. The van der Waals surface area contributed by atoms with Gasteiger partial charge in [-0.15, -0.1) is 21.5 Å². The van der Waals surface area contributed by atoms with Crippen LogP contribution in [0, 0.1) is 6.92 Å². The minimum Gasteiger partial charge on any atom is -0.497 e. The maximum Gasteiger partial charge on any atom is 0.231 e. The average molecular weight is 466 g/mol. The number of hydrogen-bond donors (Lipinski definition) is 1. The Morgan fingerprint density at radius 2 is 1.94 bits per heavy atom. The molecule has 0 bridgehead atoms. The summed E-state index contributed by atoms with van der Waals surface area (Å²) in [5, 5.41) is 15.2. The van der Waals surface area contributed by atoms with Crippen LogP contribution in [-0.2, 0) is 24.0 Å². The molecule has 2 aromatic heterocycles. The third-order valence-electron chi connectivity index (χ3n) is 4.86. The predicted octanol–water partition coefficient (Wildman–Crippen LogP) is 4.73. The number of hydrogen-bond acceptors (Lipinski definition) is 7. The molecule has 164 valence electrons. The maximum absolute atomic E-state index is 12.4. The molecule has 0 radical (unpaired) electrons. The SMILES string of the molecule is COc1ccc(-c2nnc(SCc3csc(CC(=O)Nc4ccccc4C)n3)n2C)cc1. The number of aromatic nitrogens is 4. The van der Waals surface area contributed by atoms with E-state index in [1.165, 1.54) is 11.3 Å². The van der Waals surface area contributed by atoms with Crippen molar-refractivity contribution in [2.45, 2.75) is 24.3 Å². The Balaban J connectivity index is 1.34. The summed E-state index contributed by atoms with van der Waals surface area (Å²) in [7, 11) is 3.59. The minimum atomic E-state index is -0.0645. The number of amides is 1. The third kappa shape index (κ3) is 5.17. The lowest BCUT2D eigenvalue weighted by Crippen LogP contribution is -2.15. The van der Waals surface area contributed by atoms with Crippen LogP contribution in [0.5, 0.6) is 5.75 Å². The van der Waals surface area contributed by atoms with E-state index in [4.69, 9.17) is 4.74 Å². The monoisotopic (exact) mass is 465 g/mol. The molecule has 0 saturated carbocycles. The molecule has 7 nitrogen and oxygen atoms in total. The quantitative estimate of drug-likeness (QED) is 0.379. The van der Waals surface area contributed by atoms with Gasteiger partial charge in [0.1, 0.15) is 10.8 Å². The second-order valence-corrected chi connectivity index (χ2v) is 9.04. The Labute approximate surface area is 194 Å². The van der Waals surface area contributed by atoms with E-state index in [1.807, 2.05) is 72.4 Å². The summed E-state index contributed by atoms with van der Waals surface area (Å²) in [6, 6.07) is 15.5. The molecule has 0 saturated heterocycles. The fourth-order valence-electron chi connectivity index (χ4n) is 3.11. The molecule has 2 aromatic carbocycles. The standard InChI is InChI=1S/C23H23N5O2S2/c1-15-6-4-5-7-19(15)25-20(29)12-21-24-17(13-31-21)14-32-23-27-26-22(28(23)2)16-8-10-18(30-3)11-9-16/h4-11,13H,12,14H2,1-3H3,(H,25,29). The van der Waals surface area contributed by atoms with Crippen LogP contribution < -0.4 is 10.1 Å². The number of carbonyl (C=O) groups is 1. The lowest BCUT2D eigenvalue weighted by Gasteiger charge is -2.06. The van der Waals surface area contributed by atoms with Crippen LogP contribution in [0.4, 0.5) is 5.69 Å². The van der Waals surface area contributed by atoms with E-state index in [2.05, 4.69) is 20.5 Å². The van der Waals surface area contributed by atoms with Gasteiger partial charge < -0.3 is 14.6 Å². The number of aryl methyl sites for hydroxylation is 1. The highest BCUT2D eigenvalue weighted by molar-refractivity contribution is 7.98. The fourth-order valence-corrected chi connectivity index (χ4v) is 4.81. The first kappa shape index (κ1) is 22.0. The maximum atomic E-state index is 12.4. The van der Waals surface area contributed by atoms with Gasteiger partial charge in [-0.05, 0) is 42.8 Å². The van der Waals surface area contributed by atoms with Gasteiger partial charge in [-0.2, -0.15) is 0 Å². The van der Waals surface area contributed by atoms with Crippen molar-refractivity contribution in [3.05, 3.63) is 70.2 Å². The first-order valence-electron chi connectivity index (χ1n) is 9.99. The number of anilines is 1. The van der Waals surface area contributed by atoms with Crippen molar-refractivity contribution in [1.82, 2.24) is 19.7 Å². The number of nitrogens with zero attached hydrogens (tertiary/aromatic N) is 4. The van der Waals surface area contributed by atoms with Gasteiger partial charge in [0.2, 0.25) is 5.91 Å². The van der Waals surface area contributed by atoms with Crippen LogP contribution in [0.15, 0.2) is 59.1 Å². The summed E-state index contributed by atoms with van der Waals surface area (Å²) < 4.78 is 7.18. The predicted molar refractivity (Wildman–Crippen MR) is 128 cm³/mol. The fraction of sp³-hybridized carbons (Fsp3) is 0.217. The van der Waals surface area contributed by atoms with Crippen molar-refractivity contribution in [2.75, 3.05) is 12.4 Å². The third-order valence-corrected chi connectivity index (χ3v) is 6.81. The van der Waals surface area contributed by atoms with E-state index < -0.39 is 0 Å². The first-order chi connectivity index (χ1) is 15.5.